The molecule has 0 spiro atoms. The fourth-order valence-corrected chi connectivity index (χ4v) is 2.58. The van der Waals surface area contributed by atoms with Gasteiger partial charge in [-0.1, -0.05) is 57.9 Å². The highest BCUT2D eigenvalue weighted by atomic mass is 79.9. The summed E-state index contributed by atoms with van der Waals surface area (Å²) in [4.78, 5) is 12.5. The fourth-order valence-electron chi connectivity index (χ4n) is 1.86. The van der Waals surface area contributed by atoms with E-state index in [2.05, 4.69) is 21.2 Å². The molecule has 2 nitrogen and oxygen atoms in total. The highest BCUT2D eigenvalue weighted by molar-refractivity contribution is 9.10. The van der Waals surface area contributed by atoms with E-state index in [9.17, 15) is 4.79 Å². The molecular weight excluding hydrogens is 338 g/mol. The van der Waals surface area contributed by atoms with Crippen LogP contribution in [-0.4, -0.2) is 5.91 Å². The van der Waals surface area contributed by atoms with E-state index in [1.54, 1.807) is 12.1 Å². The van der Waals surface area contributed by atoms with Gasteiger partial charge in [-0.3, -0.25) is 4.79 Å². The van der Waals surface area contributed by atoms with Crippen LogP contribution in [0.4, 0.5) is 5.69 Å². The fraction of sp³-hybridized carbons (Fsp3) is 0.188. The zero-order valence-corrected chi connectivity index (χ0v) is 13.6. The Morgan fingerprint density at radius 3 is 2.40 bits per heavy atom. The molecule has 0 aliphatic rings. The van der Waals surface area contributed by atoms with Gasteiger partial charge in [-0.25, -0.2) is 0 Å². The van der Waals surface area contributed by atoms with Gasteiger partial charge in [-0.05, 0) is 37.6 Å². The predicted molar refractivity (Wildman–Crippen MR) is 87.2 cm³/mol. The topological polar surface area (TPSA) is 29.1 Å². The van der Waals surface area contributed by atoms with Crippen LogP contribution in [0.15, 0.2) is 53.0 Å². The third kappa shape index (κ3) is 3.22. The lowest BCUT2D eigenvalue weighted by molar-refractivity contribution is -0.120. The van der Waals surface area contributed by atoms with Crippen LogP contribution in [0, 0.1) is 0 Å². The van der Waals surface area contributed by atoms with Crippen molar-refractivity contribution in [3.05, 3.63) is 63.6 Å². The number of benzene rings is 2. The van der Waals surface area contributed by atoms with Crippen molar-refractivity contribution in [2.45, 2.75) is 19.3 Å². The number of carbonyl (C=O) groups is 1. The number of hydrogen-bond donors (Lipinski definition) is 1. The Kier molecular flexibility index (Phi) is 4.51. The molecule has 0 fully saturated rings. The number of halogens is 2. The van der Waals surface area contributed by atoms with E-state index in [0.717, 1.165) is 10.0 Å². The number of nitrogens with one attached hydrogen (secondary N) is 1. The van der Waals surface area contributed by atoms with Crippen LogP contribution >= 0.6 is 27.5 Å². The van der Waals surface area contributed by atoms with E-state index in [1.165, 1.54) is 0 Å². The standard InChI is InChI=1S/C16H15BrClNO/c1-16(2,11-6-4-3-5-7-11)15(20)19-14-9-8-12(17)10-13(14)18/h3-10H,1-2H3,(H,19,20). The quantitative estimate of drug-likeness (QED) is 0.825. The van der Waals surface area contributed by atoms with E-state index in [-0.39, 0.29) is 5.91 Å². The molecule has 0 bridgehead atoms. The second-order valence-corrected chi connectivity index (χ2v) is 6.39. The summed E-state index contributed by atoms with van der Waals surface area (Å²) >= 11 is 9.47. The highest BCUT2D eigenvalue weighted by Crippen LogP contribution is 2.29. The van der Waals surface area contributed by atoms with Crippen molar-refractivity contribution in [2.75, 3.05) is 5.32 Å². The van der Waals surface area contributed by atoms with Crippen molar-refractivity contribution in [1.82, 2.24) is 0 Å². The van der Waals surface area contributed by atoms with Crippen molar-refractivity contribution < 1.29 is 4.79 Å². The Labute approximate surface area is 132 Å². The molecule has 1 amide bonds. The third-order valence-corrected chi connectivity index (χ3v) is 4.05. The molecule has 0 saturated carbocycles. The normalized spacial score (nSPS) is 11.2. The molecule has 0 aliphatic heterocycles. The van der Waals surface area contributed by atoms with Gasteiger partial charge in [0, 0.05) is 4.47 Å². The first-order valence-corrected chi connectivity index (χ1v) is 7.40. The molecule has 0 aromatic heterocycles. The van der Waals surface area contributed by atoms with Gasteiger partial charge in [0.1, 0.15) is 0 Å². The largest absolute Gasteiger partial charge is 0.324 e. The molecule has 0 radical (unpaired) electrons. The second-order valence-electron chi connectivity index (χ2n) is 5.07. The van der Waals surface area contributed by atoms with Gasteiger partial charge < -0.3 is 5.32 Å². The van der Waals surface area contributed by atoms with Gasteiger partial charge in [0.05, 0.1) is 16.1 Å². The predicted octanol–water partition coefficient (Wildman–Crippen LogP) is 5.02. The first kappa shape index (κ1) is 15.1. The molecule has 2 rings (SSSR count). The van der Waals surface area contributed by atoms with Gasteiger partial charge in [-0.15, -0.1) is 0 Å². The minimum Gasteiger partial charge on any atom is -0.324 e. The molecule has 0 atom stereocenters. The molecule has 2 aromatic carbocycles. The lowest BCUT2D eigenvalue weighted by Gasteiger charge is -2.24. The average Bonchev–Trinajstić information content (AvgIpc) is 2.42. The van der Waals surface area contributed by atoms with E-state index >= 15 is 0 Å². The Bertz CT molecular complexity index is 626. The van der Waals surface area contributed by atoms with Crippen molar-refractivity contribution in [1.29, 1.82) is 0 Å². The van der Waals surface area contributed by atoms with E-state index in [1.807, 2.05) is 50.2 Å². The van der Waals surface area contributed by atoms with E-state index in [0.29, 0.717) is 10.7 Å². The molecule has 1 N–H and O–H groups in total. The SMILES string of the molecule is CC(C)(C(=O)Nc1ccc(Br)cc1Cl)c1ccccc1. The highest BCUT2D eigenvalue weighted by Gasteiger charge is 2.29. The molecule has 0 heterocycles. The maximum absolute atomic E-state index is 12.5. The Morgan fingerprint density at radius 1 is 1.15 bits per heavy atom. The Morgan fingerprint density at radius 2 is 1.80 bits per heavy atom. The van der Waals surface area contributed by atoms with Crippen LogP contribution in [0.2, 0.25) is 5.02 Å². The van der Waals surface area contributed by atoms with Gasteiger partial charge in [-0.2, -0.15) is 0 Å². The lowest BCUT2D eigenvalue weighted by Crippen LogP contribution is -2.34. The maximum atomic E-state index is 12.5. The van der Waals surface area contributed by atoms with Gasteiger partial charge in [0.25, 0.3) is 0 Å². The number of hydrogen-bond acceptors (Lipinski definition) is 1. The van der Waals surface area contributed by atoms with Crippen LogP contribution in [0.1, 0.15) is 19.4 Å². The van der Waals surface area contributed by atoms with Crippen molar-refractivity contribution in [2.24, 2.45) is 0 Å². The summed E-state index contributed by atoms with van der Waals surface area (Å²) < 4.78 is 0.878. The zero-order valence-electron chi connectivity index (χ0n) is 11.3. The molecule has 0 unspecified atom stereocenters. The van der Waals surface area contributed by atoms with Crippen molar-refractivity contribution in [3.63, 3.8) is 0 Å². The molecule has 20 heavy (non-hydrogen) atoms. The number of anilines is 1. The van der Waals surface area contributed by atoms with E-state index < -0.39 is 5.41 Å². The number of amides is 1. The van der Waals surface area contributed by atoms with Gasteiger partial charge in [0.2, 0.25) is 5.91 Å². The average molecular weight is 353 g/mol. The summed E-state index contributed by atoms with van der Waals surface area (Å²) in [5, 5.41) is 3.40. The van der Waals surface area contributed by atoms with Crippen LogP contribution in [0.5, 0.6) is 0 Å². The minimum atomic E-state index is -0.627. The lowest BCUT2D eigenvalue weighted by atomic mass is 9.83. The first-order chi connectivity index (χ1) is 9.41. The zero-order chi connectivity index (χ0) is 14.8. The summed E-state index contributed by atoms with van der Waals surface area (Å²) in [6.07, 6.45) is 0. The molecule has 0 saturated heterocycles. The summed E-state index contributed by atoms with van der Waals surface area (Å²) in [7, 11) is 0. The maximum Gasteiger partial charge on any atom is 0.234 e. The Hall–Kier alpha value is -1.32. The van der Waals surface area contributed by atoms with Gasteiger partial charge in [0.15, 0.2) is 0 Å². The van der Waals surface area contributed by atoms with Crippen LogP contribution < -0.4 is 5.32 Å². The summed E-state index contributed by atoms with van der Waals surface area (Å²) in [6.45, 7) is 3.79. The molecule has 4 heteroatoms. The van der Waals surface area contributed by atoms with Crippen LogP contribution in [0.3, 0.4) is 0 Å². The number of rotatable bonds is 3. The smallest absolute Gasteiger partial charge is 0.234 e. The Balaban J connectivity index is 2.23. The third-order valence-electron chi connectivity index (χ3n) is 3.24. The number of carbonyl (C=O) groups excluding carboxylic acids is 1. The summed E-state index contributed by atoms with van der Waals surface area (Å²) in [5.41, 5.74) is 0.951. The second kappa shape index (κ2) is 5.98. The summed E-state index contributed by atoms with van der Waals surface area (Å²) in [6, 6.07) is 15.1. The van der Waals surface area contributed by atoms with E-state index in [4.69, 9.17) is 11.6 Å². The first-order valence-electron chi connectivity index (χ1n) is 6.23. The van der Waals surface area contributed by atoms with Crippen LogP contribution in [0.25, 0.3) is 0 Å². The molecule has 2 aromatic rings. The van der Waals surface area contributed by atoms with Crippen molar-refractivity contribution >= 4 is 39.1 Å². The van der Waals surface area contributed by atoms with Gasteiger partial charge >= 0.3 is 0 Å². The molecule has 0 aliphatic carbocycles. The van der Waals surface area contributed by atoms with Crippen molar-refractivity contribution in [3.8, 4) is 0 Å². The summed E-state index contributed by atoms with van der Waals surface area (Å²) in [5.74, 6) is -0.0899. The van der Waals surface area contributed by atoms with Crippen LogP contribution in [-0.2, 0) is 10.2 Å². The molecular formula is C16H15BrClNO. The molecule has 104 valence electrons. The minimum absolute atomic E-state index is 0.0899. The monoisotopic (exact) mass is 351 g/mol.